The van der Waals surface area contributed by atoms with Gasteiger partial charge < -0.3 is 20.0 Å². The Hall–Kier alpha value is -2.48. The topological polar surface area (TPSA) is 91.3 Å². The van der Waals surface area contributed by atoms with Crippen LogP contribution in [0.2, 0.25) is 0 Å². The number of rotatable bonds is 7. The quantitative estimate of drug-likeness (QED) is 0.561. The molecule has 0 amide bonds. The highest BCUT2D eigenvalue weighted by Gasteiger charge is 2.26. The SMILES string of the molecule is CC1CNC(=C(C#N)C#N)N1CCNCc1ccc(CN2CCCCC2)o1. The number of allylic oxidation sites excluding steroid dienone is 1. The van der Waals surface area contributed by atoms with E-state index in [0.717, 1.165) is 37.7 Å². The molecule has 3 heterocycles. The van der Waals surface area contributed by atoms with Gasteiger partial charge in [0.15, 0.2) is 5.57 Å². The van der Waals surface area contributed by atoms with Crippen molar-refractivity contribution in [1.82, 2.24) is 20.4 Å². The smallest absolute Gasteiger partial charge is 0.169 e. The van der Waals surface area contributed by atoms with E-state index < -0.39 is 0 Å². The molecule has 1 atom stereocenters. The molecule has 0 aliphatic carbocycles. The molecule has 2 aliphatic rings. The molecule has 0 spiro atoms. The summed E-state index contributed by atoms with van der Waals surface area (Å²) < 4.78 is 5.95. The lowest BCUT2D eigenvalue weighted by molar-refractivity contribution is 0.203. The first-order valence-electron chi connectivity index (χ1n) is 9.77. The Labute approximate surface area is 161 Å². The Kier molecular flexibility index (Phi) is 6.75. The second-order valence-electron chi connectivity index (χ2n) is 7.25. The summed E-state index contributed by atoms with van der Waals surface area (Å²) in [7, 11) is 0. The van der Waals surface area contributed by atoms with Gasteiger partial charge in [-0.3, -0.25) is 4.90 Å². The van der Waals surface area contributed by atoms with Crippen molar-refractivity contribution in [2.45, 2.75) is 45.3 Å². The number of nitrogens with zero attached hydrogens (tertiary/aromatic N) is 4. The first kappa shape index (κ1) is 19.3. The summed E-state index contributed by atoms with van der Waals surface area (Å²) in [5.74, 6) is 2.63. The van der Waals surface area contributed by atoms with Gasteiger partial charge in [0.2, 0.25) is 0 Å². The Bertz CT molecular complexity index is 718. The van der Waals surface area contributed by atoms with Crippen LogP contribution in [0, 0.1) is 22.7 Å². The third-order valence-corrected chi connectivity index (χ3v) is 5.22. The van der Waals surface area contributed by atoms with Gasteiger partial charge in [-0.2, -0.15) is 10.5 Å². The molecule has 2 aliphatic heterocycles. The molecule has 1 aromatic rings. The predicted molar refractivity (Wildman–Crippen MR) is 102 cm³/mol. The number of likely N-dealkylation sites (tertiary alicyclic amines) is 1. The van der Waals surface area contributed by atoms with E-state index in [1.54, 1.807) is 0 Å². The van der Waals surface area contributed by atoms with E-state index in [0.29, 0.717) is 12.4 Å². The molecular weight excluding hydrogens is 340 g/mol. The van der Waals surface area contributed by atoms with Crippen LogP contribution in [0.5, 0.6) is 0 Å². The van der Waals surface area contributed by atoms with Crippen LogP contribution in [0.25, 0.3) is 0 Å². The van der Waals surface area contributed by atoms with E-state index in [9.17, 15) is 0 Å². The van der Waals surface area contributed by atoms with Crippen molar-refractivity contribution in [3.63, 3.8) is 0 Å². The second-order valence-corrected chi connectivity index (χ2v) is 7.25. The Balaban J connectivity index is 1.44. The highest BCUT2D eigenvalue weighted by atomic mass is 16.3. The van der Waals surface area contributed by atoms with E-state index in [1.165, 1.54) is 32.4 Å². The number of hydrogen-bond acceptors (Lipinski definition) is 7. The third kappa shape index (κ3) is 5.03. The monoisotopic (exact) mass is 368 g/mol. The molecule has 7 heteroatoms. The molecular formula is C20H28N6O. The molecule has 1 unspecified atom stereocenters. The fourth-order valence-corrected chi connectivity index (χ4v) is 3.72. The summed E-state index contributed by atoms with van der Waals surface area (Å²) in [6, 6.07) is 8.32. The Morgan fingerprint density at radius 3 is 2.70 bits per heavy atom. The van der Waals surface area contributed by atoms with Crippen LogP contribution in [0.3, 0.4) is 0 Å². The van der Waals surface area contributed by atoms with Crippen molar-refractivity contribution < 1.29 is 4.42 Å². The third-order valence-electron chi connectivity index (χ3n) is 5.22. The maximum Gasteiger partial charge on any atom is 0.169 e. The van der Waals surface area contributed by atoms with Crippen LogP contribution < -0.4 is 10.6 Å². The lowest BCUT2D eigenvalue weighted by Gasteiger charge is -2.25. The summed E-state index contributed by atoms with van der Waals surface area (Å²) in [4.78, 5) is 4.54. The van der Waals surface area contributed by atoms with Crippen molar-refractivity contribution >= 4 is 0 Å². The number of hydrogen-bond donors (Lipinski definition) is 2. The molecule has 2 saturated heterocycles. The second kappa shape index (κ2) is 9.45. The Morgan fingerprint density at radius 2 is 1.96 bits per heavy atom. The zero-order valence-electron chi connectivity index (χ0n) is 16.0. The average Bonchev–Trinajstić information content (AvgIpc) is 3.28. The van der Waals surface area contributed by atoms with Gasteiger partial charge >= 0.3 is 0 Å². The standard InChI is InChI=1S/C20H28N6O/c1-16-13-24-20(17(11-21)12-22)26(16)10-7-23-14-18-5-6-19(27-18)15-25-8-3-2-4-9-25/h5-6,16,23-24H,2-4,7-10,13-15H2,1H3. The van der Waals surface area contributed by atoms with Crippen molar-refractivity contribution in [2.24, 2.45) is 0 Å². The molecule has 0 radical (unpaired) electrons. The van der Waals surface area contributed by atoms with Gasteiger partial charge in [-0.15, -0.1) is 0 Å². The molecule has 0 bridgehead atoms. The zero-order chi connectivity index (χ0) is 19.1. The van der Waals surface area contributed by atoms with Gasteiger partial charge in [-0.05, 0) is 45.0 Å². The van der Waals surface area contributed by atoms with Gasteiger partial charge in [0.25, 0.3) is 0 Å². The zero-order valence-corrected chi connectivity index (χ0v) is 16.0. The lowest BCUT2D eigenvalue weighted by atomic mass is 10.1. The van der Waals surface area contributed by atoms with E-state index in [4.69, 9.17) is 14.9 Å². The number of nitriles is 2. The van der Waals surface area contributed by atoms with E-state index >= 15 is 0 Å². The fraction of sp³-hybridized carbons (Fsp3) is 0.600. The van der Waals surface area contributed by atoms with E-state index in [2.05, 4.69) is 33.4 Å². The first-order valence-corrected chi connectivity index (χ1v) is 9.77. The summed E-state index contributed by atoms with van der Waals surface area (Å²) >= 11 is 0. The maximum atomic E-state index is 9.10. The summed E-state index contributed by atoms with van der Waals surface area (Å²) in [6.45, 7) is 8.24. The average molecular weight is 368 g/mol. The Morgan fingerprint density at radius 1 is 1.22 bits per heavy atom. The van der Waals surface area contributed by atoms with Crippen LogP contribution in [0.1, 0.15) is 37.7 Å². The van der Waals surface area contributed by atoms with Gasteiger partial charge in [0.1, 0.15) is 29.5 Å². The fourth-order valence-electron chi connectivity index (χ4n) is 3.72. The summed E-state index contributed by atoms with van der Waals surface area (Å²) in [5.41, 5.74) is 0.146. The first-order chi connectivity index (χ1) is 13.2. The number of nitrogens with one attached hydrogen (secondary N) is 2. The van der Waals surface area contributed by atoms with Gasteiger partial charge in [-0.25, -0.2) is 0 Å². The van der Waals surface area contributed by atoms with Gasteiger partial charge in [0.05, 0.1) is 13.1 Å². The molecule has 0 saturated carbocycles. The van der Waals surface area contributed by atoms with Crippen molar-refractivity contribution in [2.75, 3.05) is 32.7 Å². The highest BCUT2D eigenvalue weighted by Crippen LogP contribution is 2.17. The van der Waals surface area contributed by atoms with Crippen LogP contribution in [-0.2, 0) is 13.1 Å². The molecule has 3 rings (SSSR count). The number of piperidine rings is 1. The van der Waals surface area contributed by atoms with Gasteiger partial charge in [0, 0.05) is 25.7 Å². The van der Waals surface area contributed by atoms with Crippen LogP contribution in [0.15, 0.2) is 27.9 Å². The van der Waals surface area contributed by atoms with Gasteiger partial charge in [-0.1, -0.05) is 6.42 Å². The predicted octanol–water partition coefficient (Wildman–Crippen LogP) is 1.91. The van der Waals surface area contributed by atoms with Crippen LogP contribution >= 0.6 is 0 Å². The minimum Gasteiger partial charge on any atom is -0.463 e. The minimum absolute atomic E-state index is 0.146. The molecule has 27 heavy (non-hydrogen) atoms. The largest absolute Gasteiger partial charge is 0.463 e. The van der Waals surface area contributed by atoms with E-state index in [-0.39, 0.29) is 11.6 Å². The summed E-state index contributed by atoms with van der Waals surface area (Å²) in [5, 5.41) is 24.8. The molecule has 1 aromatic heterocycles. The molecule has 144 valence electrons. The van der Waals surface area contributed by atoms with Crippen molar-refractivity contribution in [3.8, 4) is 12.1 Å². The van der Waals surface area contributed by atoms with E-state index in [1.807, 2.05) is 18.2 Å². The van der Waals surface area contributed by atoms with Crippen molar-refractivity contribution in [1.29, 1.82) is 10.5 Å². The molecule has 2 fully saturated rings. The molecule has 0 aromatic carbocycles. The van der Waals surface area contributed by atoms with Crippen LogP contribution in [-0.4, -0.2) is 48.6 Å². The molecule has 7 nitrogen and oxygen atoms in total. The normalized spacial score (nSPS) is 20.2. The maximum absolute atomic E-state index is 9.10. The molecule has 2 N–H and O–H groups in total. The lowest BCUT2D eigenvalue weighted by Crippen LogP contribution is -2.34. The minimum atomic E-state index is 0.146. The highest BCUT2D eigenvalue weighted by molar-refractivity contribution is 5.40. The van der Waals surface area contributed by atoms with Crippen LogP contribution in [0.4, 0.5) is 0 Å². The van der Waals surface area contributed by atoms with Crippen molar-refractivity contribution in [3.05, 3.63) is 35.0 Å². The number of furan rings is 1. The summed E-state index contributed by atoms with van der Waals surface area (Å²) in [6.07, 6.45) is 3.92.